The molecule has 0 aromatic heterocycles. The monoisotopic (exact) mass is 436 g/mol. The maximum Gasteiger partial charge on any atom is 0.305 e. The van der Waals surface area contributed by atoms with E-state index in [0.29, 0.717) is 43.7 Å². The first-order chi connectivity index (χ1) is 15.0. The fourth-order valence-electron chi connectivity index (χ4n) is 5.17. The van der Waals surface area contributed by atoms with Crippen molar-refractivity contribution in [2.45, 2.75) is 103 Å². The maximum atomic E-state index is 12.6. The van der Waals surface area contributed by atoms with Crippen molar-refractivity contribution in [3.8, 4) is 0 Å². The van der Waals surface area contributed by atoms with Crippen molar-refractivity contribution in [1.29, 1.82) is 0 Å². The molecule has 3 atom stereocenters. The second-order valence-electron chi connectivity index (χ2n) is 9.40. The molecule has 5 nitrogen and oxygen atoms in total. The zero-order valence-corrected chi connectivity index (χ0v) is 20.0. The van der Waals surface area contributed by atoms with Gasteiger partial charge in [0.15, 0.2) is 5.79 Å². The highest BCUT2D eigenvalue weighted by atomic mass is 16.7. The van der Waals surface area contributed by atoms with Crippen LogP contribution in [0.2, 0.25) is 0 Å². The van der Waals surface area contributed by atoms with Crippen LogP contribution >= 0.6 is 0 Å². The fraction of sp³-hybridized carbons (Fsp3) is 0.846. The van der Waals surface area contributed by atoms with Gasteiger partial charge in [-0.05, 0) is 43.9 Å². The topological polar surface area (TPSA) is 61.8 Å². The molecule has 2 unspecified atom stereocenters. The van der Waals surface area contributed by atoms with Gasteiger partial charge >= 0.3 is 5.97 Å². The number of ketones is 1. The summed E-state index contributed by atoms with van der Waals surface area (Å²) in [4.78, 5) is 23.8. The summed E-state index contributed by atoms with van der Waals surface area (Å²) in [6, 6.07) is 0. The molecule has 0 amide bonds. The first kappa shape index (κ1) is 26.1. The van der Waals surface area contributed by atoms with Crippen molar-refractivity contribution in [2.24, 2.45) is 17.8 Å². The average molecular weight is 437 g/mol. The molecule has 1 heterocycles. The number of hydrogen-bond acceptors (Lipinski definition) is 5. The summed E-state index contributed by atoms with van der Waals surface area (Å²) in [5, 5.41) is 0. The van der Waals surface area contributed by atoms with E-state index in [2.05, 4.69) is 30.7 Å². The number of unbranched alkanes of at least 4 members (excludes halogenated alkanes) is 5. The Labute approximate surface area is 189 Å². The molecule has 31 heavy (non-hydrogen) atoms. The van der Waals surface area contributed by atoms with Crippen molar-refractivity contribution in [3.05, 3.63) is 12.2 Å². The minimum Gasteiger partial charge on any atom is -0.469 e. The van der Waals surface area contributed by atoms with Crippen molar-refractivity contribution < 1.29 is 23.8 Å². The highest BCUT2D eigenvalue weighted by Gasteiger charge is 2.42. The lowest BCUT2D eigenvalue weighted by atomic mass is 9.82. The summed E-state index contributed by atoms with van der Waals surface area (Å²) in [6.07, 6.45) is 16.9. The van der Waals surface area contributed by atoms with Crippen molar-refractivity contribution in [1.82, 2.24) is 0 Å². The Kier molecular flexibility index (Phi) is 11.8. The third-order valence-electron chi connectivity index (χ3n) is 7.05. The third kappa shape index (κ3) is 8.69. The van der Waals surface area contributed by atoms with Crippen LogP contribution in [0, 0.1) is 17.8 Å². The summed E-state index contributed by atoms with van der Waals surface area (Å²) in [7, 11) is 1.42. The van der Waals surface area contributed by atoms with E-state index >= 15 is 0 Å². The number of rotatable bonds is 15. The van der Waals surface area contributed by atoms with Gasteiger partial charge in [0.1, 0.15) is 5.78 Å². The van der Waals surface area contributed by atoms with Crippen LogP contribution < -0.4 is 0 Å². The number of hydrogen-bond donors (Lipinski definition) is 0. The van der Waals surface area contributed by atoms with Gasteiger partial charge in [-0.15, -0.1) is 0 Å². The fourth-order valence-corrected chi connectivity index (χ4v) is 5.17. The summed E-state index contributed by atoms with van der Waals surface area (Å²) >= 11 is 0. The number of ether oxygens (including phenoxy) is 3. The second kappa shape index (κ2) is 14.1. The molecule has 0 N–H and O–H groups in total. The van der Waals surface area contributed by atoms with Gasteiger partial charge in [0, 0.05) is 31.6 Å². The van der Waals surface area contributed by atoms with E-state index in [1.807, 2.05) is 0 Å². The number of methoxy groups -OCH3 is 1. The Morgan fingerprint density at radius 1 is 1.10 bits per heavy atom. The lowest BCUT2D eigenvalue weighted by Gasteiger charge is -2.30. The van der Waals surface area contributed by atoms with Crippen LogP contribution in [0.5, 0.6) is 0 Å². The molecule has 2 fully saturated rings. The average Bonchev–Trinajstić information content (AvgIpc) is 3.33. The van der Waals surface area contributed by atoms with Gasteiger partial charge in [-0.1, -0.05) is 51.7 Å². The third-order valence-corrected chi connectivity index (χ3v) is 7.05. The maximum absolute atomic E-state index is 12.6. The number of carbonyl (C=O) groups is 2. The molecular weight excluding hydrogens is 392 g/mol. The summed E-state index contributed by atoms with van der Waals surface area (Å²) in [5.41, 5.74) is 0. The first-order valence-electron chi connectivity index (χ1n) is 12.5. The molecule has 2 rings (SSSR count). The van der Waals surface area contributed by atoms with E-state index in [1.54, 1.807) is 0 Å². The largest absolute Gasteiger partial charge is 0.469 e. The van der Waals surface area contributed by atoms with E-state index < -0.39 is 5.79 Å². The molecule has 1 saturated carbocycles. The number of Topliss-reactive ketones (excluding diaryl/α,β-unsaturated/α-hetero) is 1. The van der Waals surface area contributed by atoms with E-state index in [0.717, 1.165) is 44.9 Å². The van der Waals surface area contributed by atoms with Crippen LogP contribution in [-0.2, 0) is 23.8 Å². The van der Waals surface area contributed by atoms with Crippen LogP contribution in [0.15, 0.2) is 12.2 Å². The van der Waals surface area contributed by atoms with Crippen LogP contribution in [-0.4, -0.2) is 37.9 Å². The highest BCUT2D eigenvalue weighted by Crippen LogP contribution is 2.42. The molecule has 1 saturated heterocycles. The van der Waals surface area contributed by atoms with E-state index in [9.17, 15) is 9.59 Å². The number of esters is 1. The van der Waals surface area contributed by atoms with Gasteiger partial charge in [-0.3, -0.25) is 9.59 Å². The smallest absolute Gasteiger partial charge is 0.305 e. The molecule has 1 aliphatic carbocycles. The number of carbonyl (C=O) groups excluding carboxylic acids is 2. The normalized spacial score (nSPS) is 25.5. The van der Waals surface area contributed by atoms with Gasteiger partial charge in [-0.2, -0.15) is 0 Å². The van der Waals surface area contributed by atoms with Crippen molar-refractivity contribution in [3.63, 3.8) is 0 Å². The van der Waals surface area contributed by atoms with Crippen LogP contribution in [0.4, 0.5) is 0 Å². The van der Waals surface area contributed by atoms with E-state index in [-0.39, 0.29) is 11.9 Å². The van der Waals surface area contributed by atoms with Crippen LogP contribution in [0.25, 0.3) is 0 Å². The lowest BCUT2D eigenvalue weighted by Crippen LogP contribution is -2.32. The van der Waals surface area contributed by atoms with Crippen LogP contribution in [0.1, 0.15) is 97.3 Å². The van der Waals surface area contributed by atoms with Gasteiger partial charge in [0.2, 0.25) is 0 Å². The van der Waals surface area contributed by atoms with Gasteiger partial charge in [0.05, 0.1) is 20.3 Å². The molecule has 5 heteroatoms. The Hall–Kier alpha value is -1.20. The first-order valence-corrected chi connectivity index (χ1v) is 12.5. The van der Waals surface area contributed by atoms with Crippen molar-refractivity contribution in [2.75, 3.05) is 20.3 Å². The summed E-state index contributed by atoms with van der Waals surface area (Å²) < 4.78 is 16.9. The SMILES string of the molecule is CCCCCCCC1(CC[C@H]2C(C)CC(=O)C2C/C=C\CCCC(=O)OC)OCCO1. The van der Waals surface area contributed by atoms with Gasteiger partial charge < -0.3 is 14.2 Å². The molecule has 0 spiro atoms. The zero-order chi connectivity index (χ0) is 22.5. The Balaban J connectivity index is 1.81. The Morgan fingerprint density at radius 2 is 1.84 bits per heavy atom. The Bertz CT molecular complexity index is 564. The van der Waals surface area contributed by atoms with E-state index in [1.165, 1.54) is 32.8 Å². The molecule has 0 aromatic rings. The Morgan fingerprint density at radius 3 is 2.55 bits per heavy atom. The van der Waals surface area contributed by atoms with Crippen LogP contribution in [0.3, 0.4) is 0 Å². The quantitative estimate of drug-likeness (QED) is 0.179. The molecule has 0 radical (unpaired) electrons. The predicted octanol–water partition coefficient (Wildman–Crippen LogP) is 6.00. The standard InChI is InChI=1S/C26H44O5/c1-4-5-6-9-12-16-26(30-18-19-31-26)17-15-22-21(2)20-24(27)23(22)13-10-7-8-11-14-25(28)29-3/h7,10,21-23H,4-6,8-9,11-20H2,1-3H3/b10-7-/t21?,22-,23?/m0/s1. The minimum absolute atomic E-state index is 0.106. The highest BCUT2D eigenvalue weighted by molar-refractivity contribution is 5.84. The molecule has 0 aromatic carbocycles. The van der Waals surface area contributed by atoms with Gasteiger partial charge in [0.25, 0.3) is 0 Å². The predicted molar refractivity (Wildman–Crippen MR) is 123 cm³/mol. The molecule has 0 bridgehead atoms. The minimum atomic E-state index is -0.425. The lowest BCUT2D eigenvalue weighted by molar-refractivity contribution is -0.171. The van der Waals surface area contributed by atoms with Gasteiger partial charge in [-0.25, -0.2) is 0 Å². The van der Waals surface area contributed by atoms with Crippen molar-refractivity contribution >= 4 is 11.8 Å². The number of allylic oxidation sites excluding steroid dienone is 2. The molecule has 178 valence electrons. The zero-order valence-electron chi connectivity index (χ0n) is 20.0. The van der Waals surface area contributed by atoms with E-state index in [4.69, 9.17) is 9.47 Å². The summed E-state index contributed by atoms with van der Waals surface area (Å²) in [6.45, 7) is 5.83. The summed E-state index contributed by atoms with van der Waals surface area (Å²) in [5.74, 6) is 0.744. The molecular formula is C26H44O5. The second-order valence-corrected chi connectivity index (χ2v) is 9.40. The molecule has 1 aliphatic heterocycles. The molecule has 2 aliphatic rings.